The first-order valence-corrected chi connectivity index (χ1v) is 11.3. The van der Waals surface area contributed by atoms with Crippen LogP contribution in [0.2, 0.25) is 0 Å². The first-order chi connectivity index (χ1) is 13.7. The summed E-state index contributed by atoms with van der Waals surface area (Å²) in [6.07, 6.45) is 6.93. The first kappa shape index (κ1) is 21.2. The number of hydrogen-bond acceptors (Lipinski definition) is 6. The monoisotopic (exact) mass is 403 g/mol. The highest BCUT2D eigenvalue weighted by atomic mass is 32.1. The fraction of sp³-hybridized carbons (Fsp3) is 0.591. The number of nitrogens with zero attached hydrogens (tertiary/aromatic N) is 2. The fourth-order valence-electron chi connectivity index (χ4n) is 3.83. The summed E-state index contributed by atoms with van der Waals surface area (Å²) in [7, 11) is 2.12. The largest absolute Gasteiger partial charge is 0.491 e. The number of ether oxygens (including phenoxy) is 1. The standard InChI is InChI=1S/C22H33N3O2S/c1-25(20-8-3-2-4-9-20)14-21(26)15-27-22-10-6-5-7-18(22)13-23-12-11-19-16-28-17-24-19/h5-7,10,16-17,20-21,23,26H,2-4,8-9,11-15H2,1H3/t21-/m1/s1. The van der Waals surface area contributed by atoms with E-state index in [1.807, 2.05) is 23.7 Å². The Hall–Kier alpha value is -1.47. The Morgan fingerprint density at radius 2 is 2.11 bits per heavy atom. The quantitative estimate of drug-likeness (QED) is 0.563. The van der Waals surface area contributed by atoms with Gasteiger partial charge in [-0.05, 0) is 26.0 Å². The van der Waals surface area contributed by atoms with Gasteiger partial charge in [-0.25, -0.2) is 4.98 Å². The zero-order chi connectivity index (χ0) is 19.6. The predicted molar refractivity (Wildman–Crippen MR) is 115 cm³/mol. The van der Waals surface area contributed by atoms with Crippen molar-refractivity contribution in [3.8, 4) is 5.75 Å². The number of aliphatic hydroxyl groups is 1. The molecule has 6 heteroatoms. The molecule has 1 aromatic heterocycles. The minimum absolute atomic E-state index is 0.326. The molecule has 3 rings (SSSR count). The second kappa shape index (κ2) is 11.5. The summed E-state index contributed by atoms with van der Waals surface area (Å²) in [5.41, 5.74) is 4.12. The Balaban J connectivity index is 1.40. The Morgan fingerprint density at radius 1 is 1.29 bits per heavy atom. The third kappa shape index (κ3) is 6.85. The molecular formula is C22H33N3O2S. The minimum atomic E-state index is -0.474. The summed E-state index contributed by atoms with van der Waals surface area (Å²) in [6.45, 7) is 2.62. The van der Waals surface area contributed by atoms with Crippen LogP contribution in [-0.4, -0.2) is 53.9 Å². The van der Waals surface area contributed by atoms with Crippen LogP contribution in [0.4, 0.5) is 0 Å². The van der Waals surface area contributed by atoms with Crippen LogP contribution in [0.1, 0.15) is 43.4 Å². The molecule has 1 aliphatic rings. The second-order valence-electron chi connectivity index (χ2n) is 7.71. The van der Waals surface area contributed by atoms with E-state index in [1.165, 1.54) is 32.1 Å². The zero-order valence-electron chi connectivity index (χ0n) is 16.8. The number of para-hydroxylation sites is 1. The lowest BCUT2D eigenvalue weighted by Gasteiger charge is -2.32. The van der Waals surface area contributed by atoms with Crippen molar-refractivity contribution >= 4 is 11.3 Å². The third-order valence-electron chi connectivity index (χ3n) is 5.46. The predicted octanol–water partition coefficient (Wildman–Crippen LogP) is 3.48. The molecular weight excluding hydrogens is 370 g/mol. The Bertz CT molecular complexity index is 674. The van der Waals surface area contributed by atoms with Crippen molar-refractivity contribution in [1.82, 2.24) is 15.2 Å². The molecule has 2 N–H and O–H groups in total. The molecule has 1 heterocycles. The molecule has 28 heavy (non-hydrogen) atoms. The Labute approximate surface area is 172 Å². The number of hydrogen-bond donors (Lipinski definition) is 2. The summed E-state index contributed by atoms with van der Waals surface area (Å²) < 4.78 is 5.96. The number of nitrogens with one attached hydrogen (secondary N) is 1. The van der Waals surface area contributed by atoms with E-state index in [4.69, 9.17) is 4.74 Å². The molecule has 0 amide bonds. The van der Waals surface area contributed by atoms with E-state index in [9.17, 15) is 5.11 Å². The SMILES string of the molecule is CN(C[C@@H](O)COc1ccccc1CNCCc1cscn1)C1CCCCC1. The zero-order valence-corrected chi connectivity index (χ0v) is 17.7. The van der Waals surface area contributed by atoms with Crippen LogP contribution in [0.5, 0.6) is 5.75 Å². The smallest absolute Gasteiger partial charge is 0.123 e. The Kier molecular flexibility index (Phi) is 8.73. The molecule has 1 aliphatic carbocycles. The molecule has 0 radical (unpaired) electrons. The van der Waals surface area contributed by atoms with Crippen LogP contribution in [0.15, 0.2) is 35.2 Å². The summed E-state index contributed by atoms with van der Waals surface area (Å²) in [6, 6.07) is 8.67. The van der Waals surface area contributed by atoms with E-state index in [1.54, 1.807) is 11.3 Å². The molecule has 0 saturated heterocycles. The number of aliphatic hydroxyl groups excluding tert-OH is 1. The second-order valence-corrected chi connectivity index (χ2v) is 8.43. The highest BCUT2D eigenvalue weighted by Crippen LogP contribution is 2.22. The number of benzene rings is 1. The van der Waals surface area contributed by atoms with Gasteiger partial charge >= 0.3 is 0 Å². The van der Waals surface area contributed by atoms with E-state index < -0.39 is 6.10 Å². The van der Waals surface area contributed by atoms with Crippen LogP contribution < -0.4 is 10.1 Å². The normalized spacial score (nSPS) is 16.4. The summed E-state index contributed by atoms with van der Waals surface area (Å²) in [5.74, 6) is 0.850. The van der Waals surface area contributed by atoms with Gasteiger partial charge in [-0.15, -0.1) is 11.3 Å². The number of thiazole rings is 1. The average Bonchev–Trinajstić information content (AvgIpc) is 3.24. The van der Waals surface area contributed by atoms with Crippen molar-refractivity contribution in [1.29, 1.82) is 0 Å². The summed E-state index contributed by atoms with van der Waals surface area (Å²) in [4.78, 5) is 6.61. The van der Waals surface area contributed by atoms with Gasteiger partial charge in [0, 0.05) is 43.0 Å². The van der Waals surface area contributed by atoms with E-state index in [0.29, 0.717) is 19.2 Å². The van der Waals surface area contributed by atoms with Gasteiger partial charge in [0.1, 0.15) is 18.5 Å². The maximum Gasteiger partial charge on any atom is 0.123 e. The average molecular weight is 404 g/mol. The first-order valence-electron chi connectivity index (χ1n) is 10.4. The van der Waals surface area contributed by atoms with E-state index in [2.05, 4.69) is 33.7 Å². The van der Waals surface area contributed by atoms with Crippen LogP contribution in [0, 0.1) is 0 Å². The van der Waals surface area contributed by atoms with Gasteiger partial charge in [0.15, 0.2) is 0 Å². The Morgan fingerprint density at radius 3 is 2.89 bits per heavy atom. The molecule has 0 aliphatic heterocycles. The van der Waals surface area contributed by atoms with Gasteiger partial charge in [0.05, 0.1) is 11.2 Å². The summed E-state index contributed by atoms with van der Waals surface area (Å²) >= 11 is 1.63. The van der Waals surface area contributed by atoms with Gasteiger partial charge < -0.3 is 20.1 Å². The lowest BCUT2D eigenvalue weighted by Crippen LogP contribution is -2.40. The summed E-state index contributed by atoms with van der Waals surface area (Å²) in [5, 5.41) is 16.0. The molecule has 1 aromatic carbocycles. The van der Waals surface area contributed by atoms with Gasteiger partial charge in [0.25, 0.3) is 0 Å². The van der Waals surface area contributed by atoms with Crippen molar-refractivity contribution in [3.05, 3.63) is 46.4 Å². The van der Waals surface area contributed by atoms with Crippen molar-refractivity contribution in [3.63, 3.8) is 0 Å². The number of likely N-dealkylation sites (N-methyl/N-ethyl adjacent to an activating group) is 1. The lowest BCUT2D eigenvalue weighted by molar-refractivity contribution is 0.0558. The lowest BCUT2D eigenvalue weighted by atomic mass is 9.94. The molecule has 5 nitrogen and oxygen atoms in total. The van der Waals surface area contributed by atoms with Crippen LogP contribution in [0.3, 0.4) is 0 Å². The van der Waals surface area contributed by atoms with E-state index in [-0.39, 0.29) is 0 Å². The molecule has 1 atom stereocenters. The molecule has 0 bridgehead atoms. The molecule has 2 aromatic rings. The number of rotatable bonds is 11. The van der Waals surface area contributed by atoms with Crippen molar-refractivity contribution < 1.29 is 9.84 Å². The van der Waals surface area contributed by atoms with Crippen molar-refractivity contribution in [2.75, 3.05) is 26.7 Å². The molecule has 0 spiro atoms. The number of aromatic nitrogens is 1. The van der Waals surface area contributed by atoms with Gasteiger partial charge in [-0.2, -0.15) is 0 Å². The van der Waals surface area contributed by atoms with Crippen LogP contribution in [0.25, 0.3) is 0 Å². The van der Waals surface area contributed by atoms with Crippen molar-refractivity contribution in [2.45, 2.75) is 57.2 Å². The maximum absolute atomic E-state index is 10.4. The third-order valence-corrected chi connectivity index (χ3v) is 6.09. The van der Waals surface area contributed by atoms with E-state index >= 15 is 0 Å². The van der Waals surface area contributed by atoms with Gasteiger partial charge in [-0.1, -0.05) is 37.5 Å². The van der Waals surface area contributed by atoms with E-state index in [0.717, 1.165) is 36.5 Å². The highest BCUT2D eigenvalue weighted by molar-refractivity contribution is 7.07. The molecule has 1 saturated carbocycles. The topological polar surface area (TPSA) is 57.6 Å². The minimum Gasteiger partial charge on any atom is -0.491 e. The van der Waals surface area contributed by atoms with Crippen molar-refractivity contribution in [2.24, 2.45) is 0 Å². The molecule has 1 fully saturated rings. The molecule has 0 unspecified atom stereocenters. The van der Waals surface area contributed by atoms with Crippen LogP contribution >= 0.6 is 11.3 Å². The van der Waals surface area contributed by atoms with Gasteiger partial charge in [-0.3, -0.25) is 0 Å². The van der Waals surface area contributed by atoms with Gasteiger partial charge in [0.2, 0.25) is 0 Å². The van der Waals surface area contributed by atoms with Crippen LogP contribution in [-0.2, 0) is 13.0 Å². The fourth-order valence-corrected chi connectivity index (χ4v) is 4.43. The maximum atomic E-state index is 10.4. The highest BCUT2D eigenvalue weighted by Gasteiger charge is 2.20. The molecule has 154 valence electrons.